The molecule has 0 aromatic carbocycles. The van der Waals surface area contributed by atoms with E-state index < -0.39 is 12.0 Å². The largest absolute Gasteiger partial charge is 0.480 e. The van der Waals surface area contributed by atoms with Gasteiger partial charge in [-0.25, -0.2) is 4.79 Å². The lowest BCUT2D eigenvalue weighted by Gasteiger charge is -2.13. The van der Waals surface area contributed by atoms with Crippen molar-refractivity contribution in [3.8, 4) is 0 Å². The summed E-state index contributed by atoms with van der Waals surface area (Å²) in [5.41, 5.74) is 0. The van der Waals surface area contributed by atoms with Gasteiger partial charge in [0.15, 0.2) is 0 Å². The van der Waals surface area contributed by atoms with Gasteiger partial charge in [-0.05, 0) is 33.6 Å². The minimum atomic E-state index is -1.01. The number of carboxylic acids is 1. The molecule has 0 fully saturated rings. The minimum absolute atomic E-state index is 0.148. The number of nitrogens with one attached hydrogen (secondary N) is 1. The Labute approximate surface area is 108 Å². The van der Waals surface area contributed by atoms with Gasteiger partial charge in [0.25, 0.3) is 0 Å². The Balaban J connectivity index is 3.91. The van der Waals surface area contributed by atoms with E-state index in [0.29, 0.717) is 19.4 Å². The molecule has 1 atom stereocenters. The van der Waals surface area contributed by atoms with Crippen LogP contribution in [0, 0.1) is 0 Å². The van der Waals surface area contributed by atoms with E-state index in [1.807, 2.05) is 20.8 Å². The van der Waals surface area contributed by atoms with Gasteiger partial charge < -0.3 is 15.2 Å². The molecule has 5 nitrogen and oxygen atoms in total. The zero-order chi connectivity index (χ0) is 14.0. The highest BCUT2D eigenvalue weighted by Gasteiger charge is 2.17. The second-order valence-electron chi connectivity index (χ2n) is 4.29. The number of hydrogen-bond acceptors (Lipinski definition) is 3. The molecule has 0 bridgehead atoms. The standard InChI is InChI=1S/C13H23NO4/c1-4-5-7-11(13(16)17)14-12(15)8-6-9-18-10(2)3/h4-5,10-11H,6-9H2,1-3H3,(H,14,15)(H,16,17)/b5-4+. The molecule has 1 amide bonds. The van der Waals surface area contributed by atoms with Crippen LogP contribution in [-0.4, -0.2) is 35.7 Å². The number of aliphatic carboxylic acids is 1. The van der Waals surface area contributed by atoms with Crippen molar-refractivity contribution in [3.63, 3.8) is 0 Å². The highest BCUT2D eigenvalue weighted by Crippen LogP contribution is 1.98. The Kier molecular flexibility index (Phi) is 8.92. The van der Waals surface area contributed by atoms with E-state index in [0.717, 1.165) is 0 Å². The Bertz CT molecular complexity index is 287. The van der Waals surface area contributed by atoms with Gasteiger partial charge in [-0.3, -0.25) is 4.79 Å². The minimum Gasteiger partial charge on any atom is -0.480 e. The van der Waals surface area contributed by atoms with Crippen molar-refractivity contribution in [1.82, 2.24) is 5.32 Å². The molecule has 0 radical (unpaired) electrons. The summed E-state index contributed by atoms with van der Waals surface area (Å²) >= 11 is 0. The molecule has 0 saturated carbocycles. The molecule has 104 valence electrons. The summed E-state index contributed by atoms with van der Waals surface area (Å²) in [6.07, 6.45) is 4.82. The summed E-state index contributed by atoms with van der Waals surface area (Å²) in [6.45, 7) is 6.18. The van der Waals surface area contributed by atoms with Crippen LogP contribution in [0.2, 0.25) is 0 Å². The number of ether oxygens (including phenoxy) is 1. The van der Waals surface area contributed by atoms with E-state index in [1.165, 1.54) is 0 Å². The third kappa shape index (κ3) is 8.75. The van der Waals surface area contributed by atoms with Gasteiger partial charge in [-0.1, -0.05) is 12.2 Å². The van der Waals surface area contributed by atoms with Crippen LogP contribution in [0.3, 0.4) is 0 Å². The predicted molar refractivity (Wildman–Crippen MR) is 69.3 cm³/mol. The van der Waals surface area contributed by atoms with E-state index >= 15 is 0 Å². The van der Waals surface area contributed by atoms with Crippen LogP contribution in [0.1, 0.15) is 40.0 Å². The van der Waals surface area contributed by atoms with E-state index in [1.54, 1.807) is 12.2 Å². The summed E-state index contributed by atoms with van der Waals surface area (Å²) < 4.78 is 5.30. The number of hydrogen-bond donors (Lipinski definition) is 2. The lowest BCUT2D eigenvalue weighted by molar-refractivity contribution is -0.141. The van der Waals surface area contributed by atoms with Gasteiger partial charge in [0, 0.05) is 13.0 Å². The molecule has 1 unspecified atom stereocenters. The van der Waals surface area contributed by atoms with E-state index in [2.05, 4.69) is 5.32 Å². The van der Waals surface area contributed by atoms with Crippen molar-refractivity contribution in [2.75, 3.05) is 6.61 Å². The van der Waals surface area contributed by atoms with Crippen LogP contribution >= 0.6 is 0 Å². The number of carbonyl (C=O) groups is 2. The van der Waals surface area contributed by atoms with Crippen molar-refractivity contribution in [1.29, 1.82) is 0 Å². The van der Waals surface area contributed by atoms with Crippen LogP contribution in [-0.2, 0) is 14.3 Å². The second kappa shape index (κ2) is 9.65. The van der Waals surface area contributed by atoms with Crippen molar-refractivity contribution < 1.29 is 19.4 Å². The van der Waals surface area contributed by atoms with Crippen LogP contribution in [0.4, 0.5) is 0 Å². The maximum absolute atomic E-state index is 11.5. The highest BCUT2D eigenvalue weighted by molar-refractivity contribution is 5.83. The fourth-order valence-electron chi connectivity index (χ4n) is 1.31. The molecule has 0 saturated heterocycles. The summed E-state index contributed by atoms with van der Waals surface area (Å²) in [5.74, 6) is -1.26. The topological polar surface area (TPSA) is 75.6 Å². The zero-order valence-corrected chi connectivity index (χ0v) is 11.3. The van der Waals surface area contributed by atoms with Gasteiger partial charge in [0.05, 0.1) is 6.10 Å². The van der Waals surface area contributed by atoms with Crippen molar-refractivity contribution in [3.05, 3.63) is 12.2 Å². The third-order valence-electron chi connectivity index (χ3n) is 2.24. The van der Waals surface area contributed by atoms with Gasteiger partial charge in [0.2, 0.25) is 5.91 Å². The molecule has 0 heterocycles. The monoisotopic (exact) mass is 257 g/mol. The number of carboxylic acid groups (broad SMARTS) is 1. The molecule has 18 heavy (non-hydrogen) atoms. The highest BCUT2D eigenvalue weighted by atomic mass is 16.5. The van der Waals surface area contributed by atoms with E-state index in [4.69, 9.17) is 9.84 Å². The second-order valence-corrected chi connectivity index (χ2v) is 4.29. The predicted octanol–water partition coefficient (Wildman–Crippen LogP) is 1.73. The molecule has 0 aliphatic heterocycles. The van der Waals surface area contributed by atoms with Crippen molar-refractivity contribution in [2.45, 2.75) is 52.2 Å². The first-order valence-corrected chi connectivity index (χ1v) is 6.22. The first-order valence-electron chi connectivity index (χ1n) is 6.22. The lowest BCUT2D eigenvalue weighted by Crippen LogP contribution is -2.40. The summed E-state index contributed by atoms with van der Waals surface area (Å²) in [7, 11) is 0. The number of amides is 1. The fourth-order valence-corrected chi connectivity index (χ4v) is 1.31. The molecule has 0 aromatic rings. The number of rotatable bonds is 9. The normalized spacial score (nSPS) is 12.9. The Morgan fingerprint density at radius 1 is 1.39 bits per heavy atom. The number of allylic oxidation sites excluding steroid dienone is 1. The summed E-state index contributed by atoms with van der Waals surface area (Å²) in [5, 5.41) is 11.4. The SMILES string of the molecule is C/C=C/CC(NC(=O)CCCOC(C)C)C(=O)O. The van der Waals surface area contributed by atoms with Gasteiger partial charge in [-0.2, -0.15) is 0 Å². The Hall–Kier alpha value is -1.36. The molecule has 2 N–H and O–H groups in total. The smallest absolute Gasteiger partial charge is 0.326 e. The Morgan fingerprint density at radius 2 is 2.06 bits per heavy atom. The fraction of sp³-hybridized carbons (Fsp3) is 0.692. The molecule has 0 aromatic heterocycles. The summed E-state index contributed by atoms with van der Waals surface area (Å²) in [4.78, 5) is 22.4. The molecular formula is C13H23NO4. The van der Waals surface area contributed by atoms with Gasteiger partial charge in [0.1, 0.15) is 6.04 Å². The first-order chi connectivity index (χ1) is 8.47. The van der Waals surface area contributed by atoms with Crippen molar-refractivity contribution in [2.24, 2.45) is 0 Å². The molecule has 0 rings (SSSR count). The van der Waals surface area contributed by atoms with Gasteiger partial charge in [-0.15, -0.1) is 0 Å². The first kappa shape index (κ1) is 16.6. The van der Waals surface area contributed by atoms with Crippen LogP contribution in [0.25, 0.3) is 0 Å². The maximum atomic E-state index is 11.5. The average Bonchev–Trinajstić information content (AvgIpc) is 2.29. The van der Waals surface area contributed by atoms with E-state index in [-0.39, 0.29) is 18.4 Å². The maximum Gasteiger partial charge on any atom is 0.326 e. The molecule has 5 heteroatoms. The molecule has 0 spiro atoms. The van der Waals surface area contributed by atoms with Crippen molar-refractivity contribution >= 4 is 11.9 Å². The lowest BCUT2D eigenvalue weighted by atomic mass is 10.2. The third-order valence-corrected chi connectivity index (χ3v) is 2.24. The summed E-state index contributed by atoms with van der Waals surface area (Å²) in [6, 6.07) is -0.847. The average molecular weight is 257 g/mol. The molecular weight excluding hydrogens is 234 g/mol. The van der Waals surface area contributed by atoms with Crippen LogP contribution in [0.5, 0.6) is 0 Å². The van der Waals surface area contributed by atoms with E-state index in [9.17, 15) is 9.59 Å². The van der Waals surface area contributed by atoms with Crippen LogP contribution < -0.4 is 5.32 Å². The quantitative estimate of drug-likeness (QED) is 0.487. The van der Waals surface area contributed by atoms with Crippen LogP contribution in [0.15, 0.2) is 12.2 Å². The van der Waals surface area contributed by atoms with Gasteiger partial charge >= 0.3 is 5.97 Å². The molecule has 0 aliphatic carbocycles. The Morgan fingerprint density at radius 3 is 2.56 bits per heavy atom. The zero-order valence-electron chi connectivity index (χ0n) is 11.3. The molecule has 0 aliphatic rings. The number of carbonyl (C=O) groups excluding carboxylic acids is 1.